The molecule has 4 unspecified atom stereocenters. The molecule has 12 aromatic rings. The molecule has 2 bridgehead atoms. The fourth-order valence-electron chi connectivity index (χ4n) is 10.8. The van der Waals surface area contributed by atoms with Crippen molar-refractivity contribution in [1.29, 1.82) is 0 Å². The first-order chi connectivity index (χ1) is 31.8. The molecule has 296 valence electrons. The molecule has 3 aliphatic carbocycles. The molecule has 8 aromatic carbocycles. The lowest BCUT2D eigenvalue weighted by molar-refractivity contribution is -0.122. The maximum Gasteiger partial charge on any atom is 0.238 e. The molecule has 4 atom stereocenters. The van der Waals surface area contributed by atoms with E-state index < -0.39 is 0 Å². The van der Waals surface area contributed by atoms with Crippen molar-refractivity contribution >= 4 is 144 Å². The van der Waals surface area contributed by atoms with Crippen molar-refractivity contribution in [3.63, 3.8) is 0 Å². The molecule has 8 heteroatoms. The summed E-state index contributed by atoms with van der Waals surface area (Å²) in [6.45, 7) is 0. The Morgan fingerprint density at radius 1 is 0.468 bits per heavy atom. The van der Waals surface area contributed by atoms with Crippen LogP contribution in [0.4, 0.5) is 5.69 Å². The first-order valence-electron chi connectivity index (χ1n) is 22.0. The molecule has 4 aromatic heterocycles. The van der Waals surface area contributed by atoms with Gasteiger partial charge in [0.05, 0.1) is 36.3 Å². The maximum absolute atomic E-state index is 14.1. The van der Waals surface area contributed by atoms with Crippen molar-refractivity contribution < 1.29 is 13.8 Å². The standard InChI is InChI=1S/C32H19NO2S2.C22H12S2.H3N/c34-31-25-23-19-12-6-7-13-20(19)24(26(25)32(35)33(31)18-10-2-1-3-11-18)29-27(23)30-28(37-29)21-14-16-8-4-5-9-17(16)15-22(21)36-30;1-3-7-15-11-19-17(9-13(15)5-1)21-22(23-19)18-10-14-6-2-4-8-16(14)12-20(18)24-21;/h1-15,23-26H;1-12H;1H3/i/hT2D. The molecule has 0 saturated carbocycles. The molecular weight excluding hydrogens is 837 g/mol. The van der Waals surface area contributed by atoms with Gasteiger partial charge in [-0.25, -0.2) is 4.90 Å². The Morgan fingerprint density at radius 2 is 0.839 bits per heavy atom. The van der Waals surface area contributed by atoms with Gasteiger partial charge in [-0.1, -0.05) is 115 Å². The molecule has 1 fully saturated rings. The van der Waals surface area contributed by atoms with E-state index in [1.165, 1.54) is 108 Å². The molecule has 0 spiro atoms. The highest BCUT2D eigenvalue weighted by Gasteiger charge is 2.63. The number of fused-ring (bicyclic) bond motifs is 11. The quantitative estimate of drug-likeness (QED) is 0.167. The summed E-state index contributed by atoms with van der Waals surface area (Å²) < 4.78 is 26.8. The minimum absolute atomic E-state index is 0.0519. The summed E-state index contributed by atoms with van der Waals surface area (Å²) in [6.07, 6.45) is -0.250. The SMILES string of the molecule is O=C1C2C3c4ccccc4C(c4c3sc3c4sc4cc5ccccc5cc43)C2C(=O)N1c1ccccc1.[2H]N([3H])[3H].c1ccc2cc3c(cc2c1)sc1c2cc4ccccc4cc2sc31. The number of carbonyl (C=O) groups is 2. The van der Waals surface area contributed by atoms with E-state index in [-0.39, 0.29) is 41.6 Å². The number of carbonyl (C=O) groups excluding carboxylic acids is 2. The van der Waals surface area contributed by atoms with Crippen LogP contribution in [0.1, 0.15) is 33.4 Å². The van der Waals surface area contributed by atoms with Gasteiger partial charge in [-0.2, -0.15) is 0 Å². The summed E-state index contributed by atoms with van der Waals surface area (Å²) in [5.41, 5.74) is 4.42. The number of anilines is 1. The van der Waals surface area contributed by atoms with Crippen molar-refractivity contribution in [2.75, 3.05) is 4.90 Å². The molecular formula is C54H34N2O2S4. The van der Waals surface area contributed by atoms with Crippen LogP contribution >= 0.6 is 45.3 Å². The molecule has 16 rings (SSSR count). The first-order valence-corrected chi connectivity index (χ1v) is 23.9. The van der Waals surface area contributed by atoms with Gasteiger partial charge in [0.1, 0.15) is 4.24 Å². The van der Waals surface area contributed by atoms with Crippen molar-refractivity contribution in [3.8, 4) is 0 Å². The number of imide groups is 1. The van der Waals surface area contributed by atoms with Gasteiger partial charge in [-0.15, -0.1) is 45.3 Å². The summed E-state index contributed by atoms with van der Waals surface area (Å²) in [6, 6.07) is 57.8. The molecule has 0 radical (unpaired) electrons. The van der Waals surface area contributed by atoms with Gasteiger partial charge in [0.25, 0.3) is 0 Å². The molecule has 2 amide bonds. The Bertz CT molecular complexity index is 3830. The van der Waals surface area contributed by atoms with Crippen LogP contribution < -0.4 is 11.0 Å². The van der Waals surface area contributed by atoms with E-state index in [1.807, 2.05) is 75.7 Å². The number of para-hydroxylation sites is 1. The average Bonchev–Trinajstić information content (AvgIpc) is 4.12. The highest BCUT2D eigenvalue weighted by molar-refractivity contribution is 7.36. The van der Waals surface area contributed by atoms with Crippen LogP contribution in [0.15, 0.2) is 164 Å². The molecule has 1 aliphatic heterocycles. The average molecular weight is 876 g/mol. The monoisotopic (exact) mass is 875 g/mol. The number of rotatable bonds is 1. The lowest BCUT2D eigenvalue weighted by Crippen LogP contribution is -2.40. The predicted molar refractivity (Wildman–Crippen MR) is 266 cm³/mol. The van der Waals surface area contributed by atoms with Crippen LogP contribution in [0.25, 0.3) is 81.4 Å². The van der Waals surface area contributed by atoms with E-state index in [2.05, 4.69) is 133 Å². The zero-order chi connectivity index (χ0) is 43.7. The van der Waals surface area contributed by atoms with Gasteiger partial charge in [-0.05, 0) is 97.5 Å². The molecule has 62 heavy (non-hydrogen) atoms. The Kier molecular flexibility index (Phi) is 7.20. The van der Waals surface area contributed by atoms with Gasteiger partial charge in [0.15, 0.2) is 0 Å². The van der Waals surface area contributed by atoms with Crippen LogP contribution in [-0.2, 0) is 9.59 Å². The number of thiophene rings is 4. The van der Waals surface area contributed by atoms with Crippen molar-refractivity contribution in [2.24, 2.45) is 11.8 Å². The van der Waals surface area contributed by atoms with E-state index in [4.69, 9.17) is 4.24 Å². The summed E-state index contributed by atoms with van der Waals surface area (Å²) in [7, 11) is 0. The molecule has 1 saturated heterocycles. The third-order valence-corrected chi connectivity index (χ3v) is 18.6. The summed E-state index contributed by atoms with van der Waals surface area (Å²) in [5.74, 6) is -0.984. The number of nitrogens with zero attached hydrogens (tertiary/aromatic N) is 1. The Labute approximate surface area is 375 Å². The summed E-state index contributed by atoms with van der Waals surface area (Å²) >= 11 is 7.56. The number of benzene rings is 8. The fourth-order valence-corrected chi connectivity index (χ4v) is 16.6. The molecule has 4 nitrogen and oxygen atoms in total. The van der Waals surface area contributed by atoms with E-state index in [1.54, 1.807) is 0 Å². The van der Waals surface area contributed by atoms with E-state index in [0.717, 1.165) is 0 Å². The predicted octanol–water partition coefficient (Wildman–Crippen LogP) is 15.4. The lowest BCUT2D eigenvalue weighted by Gasteiger charge is -2.44. The summed E-state index contributed by atoms with van der Waals surface area (Å²) in [4.78, 5) is 30.8. The zero-order valence-electron chi connectivity index (χ0n) is 35.7. The minimum atomic E-state index is -0.359. The van der Waals surface area contributed by atoms with E-state index in [0.29, 0.717) is 5.69 Å². The smallest absolute Gasteiger partial charge is 0.238 e. The highest BCUT2D eigenvalue weighted by atomic mass is 32.1. The third kappa shape index (κ3) is 4.95. The topological polar surface area (TPSA) is 72.4 Å². The van der Waals surface area contributed by atoms with Crippen molar-refractivity contribution in [1.82, 2.24) is 6.13 Å². The Balaban J connectivity index is 0.000000130. The van der Waals surface area contributed by atoms with Gasteiger partial charge in [-0.3, -0.25) is 9.59 Å². The van der Waals surface area contributed by atoms with Crippen molar-refractivity contribution in [3.05, 3.63) is 185 Å². The van der Waals surface area contributed by atoms with Crippen LogP contribution in [0, 0.1) is 11.8 Å². The number of amides is 2. The van der Waals surface area contributed by atoms with Gasteiger partial charge < -0.3 is 6.13 Å². The largest absolute Gasteiger partial charge is 0.344 e. The second-order valence-electron chi connectivity index (χ2n) is 16.6. The minimum Gasteiger partial charge on any atom is -0.344 e. The number of hydrogen-bond acceptors (Lipinski definition) is 7. The Hall–Kier alpha value is -6.26. The van der Waals surface area contributed by atoms with Crippen LogP contribution in [0.3, 0.4) is 0 Å². The maximum atomic E-state index is 14.1. The van der Waals surface area contributed by atoms with Crippen LogP contribution in [-0.4, -0.2) is 11.8 Å². The van der Waals surface area contributed by atoms with Gasteiger partial charge in [0, 0.05) is 47.0 Å². The number of hydrogen-bond donors (Lipinski definition) is 1. The lowest BCUT2D eigenvalue weighted by atomic mass is 9.57. The fraction of sp³-hybridized carbons (Fsp3) is 0.0741. The van der Waals surface area contributed by atoms with Crippen LogP contribution in [0.5, 0.6) is 0 Å². The van der Waals surface area contributed by atoms with Crippen molar-refractivity contribution in [2.45, 2.75) is 11.8 Å². The second kappa shape index (κ2) is 13.4. The van der Waals surface area contributed by atoms with Crippen LogP contribution in [0.2, 0.25) is 4.24 Å². The third-order valence-electron chi connectivity index (χ3n) is 13.4. The highest BCUT2D eigenvalue weighted by Crippen LogP contribution is 2.66. The first kappa shape index (κ1) is 33.4. The Morgan fingerprint density at radius 3 is 1.32 bits per heavy atom. The molecule has 4 aliphatic rings. The van der Waals surface area contributed by atoms with E-state index in [9.17, 15) is 9.59 Å². The molecule has 5 heterocycles. The molecule has 3 N–H and O–H groups in total. The second-order valence-corrected chi connectivity index (χ2v) is 20.8. The van der Waals surface area contributed by atoms with Gasteiger partial charge in [0.2, 0.25) is 11.8 Å². The van der Waals surface area contributed by atoms with Gasteiger partial charge >= 0.3 is 0 Å². The zero-order valence-corrected chi connectivity index (χ0v) is 36.0. The van der Waals surface area contributed by atoms with E-state index >= 15 is 0 Å². The summed E-state index contributed by atoms with van der Waals surface area (Å²) in [5, 5.41) is 11.9. The normalized spacial score (nSPS) is 19.5.